The first-order valence-corrected chi connectivity index (χ1v) is 7.76. The van der Waals surface area contributed by atoms with Crippen LogP contribution in [0.4, 0.5) is 0 Å². The van der Waals surface area contributed by atoms with Gasteiger partial charge >= 0.3 is 0 Å². The fourth-order valence-electron chi connectivity index (χ4n) is 1.82. The first-order valence-electron chi connectivity index (χ1n) is 6.77. The lowest BCUT2D eigenvalue weighted by Crippen LogP contribution is -2.36. The second kappa shape index (κ2) is 8.57. The molecule has 1 aromatic carbocycles. The van der Waals surface area contributed by atoms with E-state index in [0.717, 1.165) is 18.1 Å². The van der Waals surface area contributed by atoms with E-state index in [9.17, 15) is 0 Å². The zero-order valence-electron chi connectivity index (χ0n) is 11.8. The van der Waals surface area contributed by atoms with Gasteiger partial charge in [-0.25, -0.2) is 0 Å². The van der Waals surface area contributed by atoms with Gasteiger partial charge in [0.15, 0.2) is 0 Å². The maximum atomic E-state index is 5.61. The van der Waals surface area contributed by atoms with E-state index in [-0.39, 0.29) is 0 Å². The summed E-state index contributed by atoms with van der Waals surface area (Å²) in [5, 5.41) is 0. The molecule has 3 N–H and O–H groups in total. The molecule has 1 unspecified atom stereocenters. The molecule has 18 heavy (non-hydrogen) atoms. The summed E-state index contributed by atoms with van der Waals surface area (Å²) in [6.07, 6.45) is 3.70. The summed E-state index contributed by atoms with van der Waals surface area (Å²) < 4.78 is 0. The molecule has 1 rings (SSSR count). The average Bonchev–Trinajstić information content (AvgIpc) is 2.35. The largest absolute Gasteiger partial charge is 0.271 e. The van der Waals surface area contributed by atoms with Crippen LogP contribution in [0.3, 0.4) is 0 Å². The highest BCUT2D eigenvalue weighted by molar-refractivity contribution is 7.99. The van der Waals surface area contributed by atoms with Gasteiger partial charge in [-0.2, -0.15) is 0 Å². The minimum absolute atomic E-state index is 0.412. The topological polar surface area (TPSA) is 38.0 Å². The fraction of sp³-hybridized carbons (Fsp3) is 0.600. The van der Waals surface area contributed by atoms with Crippen molar-refractivity contribution in [2.24, 2.45) is 11.8 Å². The monoisotopic (exact) mass is 266 g/mol. The molecule has 0 aliphatic carbocycles. The highest BCUT2D eigenvalue weighted by Crippen LogP contribution is 2.20. The van der Waals surface area contributed by atoms with Crippen LogP contribution in [0.25, 0.3) is 0 Å². The number of hydrazine groups is 1. The molecular weight excluding hydrogens is 240 g/mol. The van der Waals surface area contributed by atoms with E-state index in [2.05, 4.69) is 50.5 Å². The van der Waals surface area contributed by atoms with Gasteiger partial charge < -0.3 is 0 Å². The first kappa shape index (κ1) is 15.5. The van der Waals surface area contributed by atoms with Gasteiger partial charge in [0, 0.05) is 16.7 Å². The summed E-state index contributed by atoms with van der Waals surface area (Å²) in [7, 11) is 0. The minimum atomic E-state index is 0.412. The minimum Gasteiger partial charge on any atom is -0.271 e. The standard InChI is InChI=1S/C15H26N2S/c1-12(2)5-4-6-14(17-16)11-18-15-9-7-13(3)8-10-15/h7-10,12,14,17H,4-6,11,16H2,1-3H3. The van der Waals surface area contributed by atoms with Gasteiger partial charge in [0.1, 0.15) is 0 Å². The van der Waals surface area contributed by atoms with E-state index in [1.54, 1.807) is 0 Å². The zero-order chi connectivity index (χ0) is 13.4. The third-order valence-corrected chi connectivity index (χ3v) is 4.22. The third-order valence-electron chi connectivity index (χ3n) is 3.04. The first-order chi connectivity index (χ1) is 8.61. The summed E-state index contributed by atoms with van der Waals surface area (Å²) in [6, 6.07) is 9.09. The van der Waals surface area contributed by atoms with Gasteiger partial charge in [0.25, 0.3) is 0 Å². The van der Waals surface area contributed by atoms with Crippen molar-refractivity contribution in [1.29, 1.82) is 0 Å². The molecule has 102 valence electrons. The van der Waals surface area contributed by atoms with Crippen LogP contribution >= 0.6 is 11.8 Å². The molecule has 0 saturated heterocycles. The number of benzene rings is 1. The van der Waals surface area contributed by atoms with E-state index in [0.29, 0.717) is 6.04 Å². The SMILES string of the molecule is Cc1ccc(SCC(CCCC(C)C)NN)cc1. The predicted molar refractivity (Wildman–Crippen MR) is 81.7 cm³/mol. The molecule has 0 heterocycles. The maximum Gasteiger partial charge on any atom is 0.0304 e. The summed E-state index contributed by atoms with van der Waals surface area (Å²) in [5.74, 6) is 7.44. The maximum absolute atomic E-state index is 5.61. The number of rotatable bonds is 8. The molecule has 0 aromatic heterocycles. The number of thioether (sulfide) groups is 1. The van der Waals surface area contributed by atoms with Crippen molar-refractivity contribution < 1.29 is 0 Å². The van der Waals surface area contributed by atoms with Gasteiger partial charge in [-0.1, -0.05) is 44.4 Å². The van der Waals surface area contributed by atoms with Crippen molar-refractivity contribution in [3.8, 4) is 0 Å². The predicted octanol–water partition coefficient (Wildman–Crippen LogP) is 3.75. The molecule has 0 bridgehead atoms. The average molecular weight is 266 g/mol. The molecule has 0 radical (unpaired) electrons. The van der Waals surface area contributed by atoms with E-state index in [1.807, 2.05) is 11.8 Å². The molecule has 1 aromatic rings. The van der Waals surface area contributed by atoms with E-state index >= 15 is 0 Å². The van der Waals surface area contributed by atoms with Crippen LogP contribution in [0.1, 0.15) is 38.7 Å². The number of aryl methyl sites for hydroxylation is 1. The number of nitrogens with one attached hydrogen (secondary N) is 1. The van der Waals surface area contributed by atoms with Crippen LogP contribution < -0.4 is 11.3 Å². The Morgan fingerprint density at radius 2 is 1.83 bits per heavy atom. The van der Waals surface area contributed by atoms with Gasteiger partial charge in [-0.3, -0.25) is 11.3 Å². The highest BCUT2D eigenvalue weighted by atomic mass is 32.2. The van der Waals surface area contributed by atoms with Crippen molar-refractivity contribution in [1.82, 2.24) is 5.43 Å². The van der Waals surface area contributed by atoms with Crippen LogP contribution in [0.15, 0.2) is 29.2 Å². The third kappa shape index (κ3) is 6.43. The Labute approximate surface area is 116 Å². The van der Waals surface area contributed by atoms with Crippen LogP contribution in [0.2, 0.25) is 0 Å². The second-order valence-corrected chi connectivity index (χ2v) is 6.41. The summed E-state index contributed by atoms with van der Waals surface area (Å²) >= 11 is 1.88. The van der Waals surface area contributed by atoms with Crippen molar-refractivity contribution in [3.63, 3.8) is 0 Å². The van der Waals surface area contributed by atoms with Crippen LogP contribution in [0, 0.1) is 12.8 Å². The Kier molecular flexibility index (Phi) is 7.40. The van der Waals surface area contributed by atoms with Gasteiger partial charge in [0.05, 0.1) is 0 Å². The number of nitrogens with two attached hydrogens (primary N) is 1. The van der Waals surface area contributed by atoms with Gasteiger partial charge in [-0.15, -0.1) is 11.8 Å². The smallest absolute Gasteiger partial charge is 0.0304 e. The Morgan fingerprint density at radius 1 is 1.17 bits per heavy atom. The van der Waals surface area contributed by atoms with Crippen molar-refractivity contribution in [2.45, 2.75) is 51.0 Å². The lowest BCUT2D eigenvalue weighted by molar-refractivity contribution is 0.469. The Morgan fingerprint density at radius 3 is 2.39 bits per heavy atom. The van der Waals surface area contributed by atoms with Crippen molar-refractivity contribution in [3.05, 3.63) is 29.8 Å². The fourth-order valence-corrected chi connectivity index (χ4v) is 2.80. The van der Waals surface area contributed by atoms with Gasteiger partial charge in [0.2, 0.25) is 0 Å². The summed E-state index contributed by atoms with van der Waals surface area (Å²) in [6.45, 7) is 6.66. The Bertz CT molecular complexity index is 322. The molecular formula is C15H26N2S. The number of hydrogen-bond acceptors (Lipinski definition) is 3. The lowest BCUT2D eigenvalue weighted by Gasteiger charge is -2.16. The molecule has 2 nitrogen and oxygen atoms in total. The van der Waals surface area contributed by atoms with Gasteiger partial charge in [-0.05, 0) is 31.4 Å². The quantitative estimate of drug-likeness (QED) is 0.427. The van der Waals surface area contributed by atoms with Crippen molar-refractivity contribution >= 4 is 11.8 Å². The molecule has 0 amide bonds. The lowest BCUT2D eigenvalue weighted by atomic mass is 10.0. The Hall–Kier alpha value is -0.510. The molecule has 0 saturated carbocycles. The van der Waals surface area contributed by atoms with E-state index in [4.69, 9.17) is 5.84 Å². The second-order valence-electron chi connectivity index (χ2n) is 5.31. The molecule has 0 aliphatic heterocycles. The highest BCUT2D eigenvalue weighted by Gasteiger charge is 2.07. The number of hydrogen-bond donors (Lipinski definition) is 2. The van der Waals surface area contributed by atoms with Crippen LogP contribution in [-0.2, 0) is 0 Å². The van der Waals surface area contributed by atoms with E-state index < -0.39 is 0 Å². The van der Waals surface area contributed by atoms with Crippen molar-refractivity contribution in [2.75, 3.05) is 5.75 Å². The molecule has 0 aliphatic rings. The van der Waals surface area contributed by atoms with E-state index in [1.165, 1.54) is 23.3 Å². The molecule has 0 spiro atoms. The molecule has 3 heteroatoms. The van der Waals surface area contributed by atoms with Crippen LogP contribution in [-0.4, -0.2) is 11.8 Å². The summed E-state index contributed by atoms with van der Waals surface area (Å²) in [5.41, 5.74) is 4.25. The molecule has 0 fully saturated rings. The zero-order valence-corrected chi connectivity index (χ0v) is 12.6. The molecule has 1 atom stereocenters. The Balaban J connectivity index is 2.28. The van der Waals surface area contributed by atoms with Crippen LogP contribution in [0.5, 0.6) is 0 Å². The summed E-state index contributed by atoms with van der Waals surface area (Å²) in [4.78, 5) is 1.32. The normalized spacial score (nSPS) is 12.9.